The molecule has 0 spiro atoms. The van der Waals surface area contributed by atoms with E-state index < -0.39 is 0 Å². The van der Waals surface area contributed by atoms with Crippen molar-refractivity contribution in [1.82, 2.24) is 9.55 Å². The SMILES string of the molecule is Fc1cccc(Cn2ccnc2-c2ccc(I)cc2)c1Br. The molecule has 1 aromatic heterocycles. The standard InChI is InChI=1S/C16H11BrFIN2/c17-15-12(2-1-3-14(15)18)10-21-9-8-20-16(21)11-4-6-13(19)7-5-11/h1-9H,10H2. The van der Waals surface area contributed by atoms with Crippen LogP contribution in [0.5, 0.6) is 0 Å². The van der Waals surface area contributed by atoms with Crippen molar-refractivity contribution in [2.24, 2.45) is 0 Å². The topological polar surface area (TPSA) is 17.8 Å². The molecular formula is C16H11BrFIN2. The van der Waals surface area contributed by atoms with Gasteiger partial charge in [0.1, 0.15) is 11.6 Å². The lowest BCUT2D eigenvalue weighted by Crippen LogP contribution is -2.02. The van der Waals surface area contributed by atoms with E-state index in [1.807, 2.05) is 41.1 Å². The summed E-state index contributed by atoms with van der Waals surface area (Å²) in [7, 11) is 0. The molecule has 2 aromatic carbocycles. The molecule has 0 atom stereocenters. The van der Waals surface area contributed by atoms with Crippen LogP contribution in [0.3, 0.4) is 0 Å². The van der Waals surface area contributed by atoms with Crippen molar-refractivity contribution in [1.29, 1.82) is 0 Å². The normalized spacial score (nSPS) is 10.8. The van der Waals surface area contributed by atoms with E-state index in [2.05, 4.69) is 43.5 Å². The largest absolute Gasteiger partial charge is 0.327 e. The third-order valence-electron chi connectivity index (χ3n) is 3.19. The van der Waals surface area contributed by atoms with Gasteiger partial charge in [-0.3, -0.25) is 0 Å². The summed E-state index contributed by atoms with van der Waals surface area (Å²) in [6, 6.07) is 13.3. The number of hydrogen-bond acceptors (Lipinski definition) is 1. The maximum absolute atomic E-state index is 13.6. The number of benzene rings is 2. The van der Waals surface area contributed by atoms with Gasteiger partial charge in [0.05, 0.1) is 11.0 Å². The molecule has 3 aromatic rings. The molecule has 0 unspecified atom stereocenters. The first-order chi connectivity index (χ1) is 10.1. The van der Waals surface area contributed by atoms with Crippen molar-refractivity contribution in [3.8, 4) is 11.4 Å². The zero-order chi connectivity index (χ0) is 14.8. The Kier molecular flexibility index (Phi) is 4.40. The fourth-order valence-electron chi connectivity index (χ4n) is 2.15. The fraction of sp³-hybridized carbons (Fsp3) is 0.0625. The van der Waals surface area contributed by atoms with Gasteiger partial charge in [-0.15, -0.1) is 0 Å². The molecule has 0 saturated heterocycles. The van der Waals surface area contributed by atoms with Gasteiger partial charge < -0.3 is 4.57 Å². The zero-order valence-corrected chi connectivity index (χ0v) is 14.7. The minimum absolute atomic E-state index is 0.247. The Morgan fingerprint density at radius 1 is 1.14 bits per heavy atom. The summed E-state index contributed by atoms with van der Waals surface area (Å²) in [6.45, 7) is 0.569. The molecule has 0 amide bonds. The molecule has 0 fully saturated rings. The zero-order valence-electron chi connectivity index (χ0n) is 10.9. The molecule has 0 N–H and O–H groups in total. The number of rotatable bonds is 3. The first kappa shape index (κ1) is 14.7. The fourth-order valence-corrected chi connectivity index (χ4v) is 2.90. The molecular weight excluding hydrogens is 446 g/mol. The summed E-state index contributed by atoms with van der Waals surface area (Å²) in [5.74, 6) is 0.631. The van der Waals surface area contributed by atoms with E-state index in [0.717, 1.165) is 17.0 Å². The summed E-state index contributed by atoms with van der Waals surface area (Å²) in [5.41, 5.74) is 1.94. The van der Waals surface area contributed by atoms with Crippen molar-refractivity contribution in [3.05, 3.63) is 74.3 Å². The van der Waals surface area contributed by atoms with Crippen molar-refractivity contribution in [2.75, 3.05) is 0 Å². The van der Waals surface area contributed by atoms with E-state index in [4.69, 9.17) is 0 Å². The Bertz CT molecular complexity index is 768. The van der Waals surface area contributed by atoms with Crippen LogP contribution >= 0.6 is 38.5 Å². The second-order valence-corrected chi connectivity index (χ2v) is 6.64. The number of aromatic nitrogens is 2. The molecule has 0 aliphatic carbocycles. The van der Waals surface area contributed by atoms with Gasteiger partial charge in [0.2, 0.25) is 0 Å². The van der Waals surface area contributed by atoms with E-state index >= 15 is 0 Å². The summed E-state index contributed by atoms with van der Waals surface area (Å²) >= 11 is 5.58. The second-order valence-electron chi connectivity index (χ2n) is 4.60. The average Bonchev–Trinajstić information content (AvgIpc) is 2.93. The van der Waals surface area contributed by atoms with Crippen molar-refractivity contribution in [2.45, 2.75) is 6.54 Å². The number of imidazole rings is 1. The summed E-state index contributed by atoms with van der Waals surface area (Å²) in [6.07, 6.45) is 3.67. The van der Waals surface area contributed by atoms with Gasteiger partial charge in [-0.25, -0.2) is 9.37 Å². The van der Waals surface area contributed by atoms with Gasteiger partial charge in [-0.05, 0) is 62.3 Å². The highest BCUT2D eigenvalue weighted by Crippen LogP contribution is 2.24. The first-order valence-corrected chi connectivity index (χ1v) is 8.22. The third kappa shape index (κ3) is 3.18. The molecule has 0 bridgehead atoms. The van der Waals surface area contributed by atoms with Crippen LogP contribution in [-0.4, -0.2) is 9.55 Å². The van der Waals surface area contributed by atoms with Gasteiger partial charge in [0, 0.05) is 21.5 Å². The third-order valence-corrected chi connectivity index (χ3v) is 4.80. The van der Waals surface area contributed by atoms with Crippen LogP contribution in [0.25, 0.3) is 11.4 Å². The maximum Gasteiger partial charge on any atom is 0.140 e. The highest BCUT2D eigenvalue weighted by molar-refractivity contribution is 14.1. The van der Waals surface area contributed by atoms with Crippen molar-refractivity contribution < 1.29 is 4.39 Å². The quantitative estimate of drug-likeness (QED) is 0.501. The van der Waals surface area contributed by atoms with E-state index in [-0.39, 0.29) is 5.82 Å². The predicted molar refractivity (Wildman–Crippen MR) is 93.6 cm³/mol. The van der Waals surface area contributed by atoms with Gasteiger partial charge in [0.25, 0.3) is 0 Å². The van der Waals surface area contributed by atoms with Gasteiger partial charge >= 0.3 is 0 Å². The lowest BCUT2D eigenvalue weighted by atomic mass is 10.2. The molecule has 106 valence electrons. The minimum atomic E-state index is -0.247. The van der Waals surface area contributed by atoms with Gasteiger partial charge in [-0.1, -0.05) is 24.3 Å². The maximum atomic E-state index is 13.6. The Hall–Kier alpha value is -1.21. The second kappa shape index (κ2) is 6.27. The average molecular weight is 457 g/mol. The van der Waals surface area contributed by atoms with Crippen LogP contribution in [0.15, 0.2) is 59.3 Å². The highest BCUT2D eigenvalue weighted by atomic mass is 127. The Labute approximate surface area is 144 Å². The number of nitrogens with zero attached hydrogens (tertiary/aromatic N) is 2. The smallest absolute Gasteiger partial charge is 0.140 e. The van der Waals surface area contributed by atoms with Crippen LogP contribution < -0.4 is 0 Å². The molecule has 0 aliphatic heterocycles. The summed E-state index contributed by atoms with van der Waals surface area (Å²) < 4.78 is 17.3. The predicted octanol–water partition coefficient (Wildman–Crippen LogP) is 5.10. The molecule has 0 aliphatic rings. The number of hydrogen-bond donors (Lipinski definition) is 0. The molecule has 5 heteroatoms. The minimum Gasteiger partial charge on any atom is -0.327 e. The molecule has 1 heterocycles. The van der Waals surface area contributed by atoms with Crippen LogP contribution in [0.2, 0.25) is 0 Å². The molecule has 0 saturated carbocycles. The Morgan fingerprint density at radius 2 is 1.90 bits per heavy atom. The lowest BCUT2D eigenvalue weighted by Gasteiger charge is -2.10. The highest BCUT2D eigenvalue weighted by Gasteiger charge is 2.10. The van der Waals surface area contributed by atoms with E-state index in [1.54, 1.807) is 12.3 Å². The van der Waals surface area contributed by atoms with Crippen LogP contribution in [0, 0.1) is 9.39 Å². The molecule has 3 rings (SSSR count). The molecule has 0 radical (unpaired) electrons. The van der Waals surface area contributed by atoms with E-state index in [0.29, 0.717) is 11.0 Å². The van der Waals surface area contributed by atoms with E-state index in [9.17, 15) is 4.39 Å². The molecule has 21 heavy (non-hydrogen) atoms. The summed E-state index contributed by atoms with van der Waals surface area (Å²) in [4.78, 5) is 4.42. The van der Waals surface area contributed by atoms with Crippen LogP contribution in [0.4, 0.5) is 4.39 Å². The van der Waals surface area contributed by atoms with Crippen LogP contribution in [0.1, 0.15) is 5.56 Å². The van der Waals surface area contributed by atoms with Crippen LogP contribution in [-0.2, 0) is 6.54 Å². The van der Waals surface area contributed by atoms with E-state index in [1.165, 1.54) is 9.64 Å². The lowest BCUT2D eigenvalue weighted by molar-refractivity contribution is 0.616. The number of halogens is 3. The van der Waals surface area contributed by atoms with Crippen molar-refractivity contribution in [3.63, 3.8) is 0 Å². The van der Waals surface area contributed by atoms with Gasteiger partial charge in [-0.2, -0.15) is 0 Å². The summed E-state index contributed by atoms with van der Waals surface area (Å²) in [5, 5.41) is 0. The first-order valence-electron chi connectivity index (χ1n) is 6.35. The Morgan fingerprint density at radius 3 is 2.67 bits per heavy atom. The monoisotopic (exact) mass is 456 g/mol. The molecule has 2 nitrogen and oxygen atoms in total. The van der Waals surface area contributed by atoms with Gasteiger partial charge in [0.15, 0.2) is 0 Å². The van der Waals surface area contributed by atoms with Crippen molar-refractivity contribution >= 4 is 38.5 Å². The Balaban J connectivity index is 1.96.